The summed E-state index contributed by atoms with van der Waals surface area (Å²) in [5.74, 6) is 0.573. The van der Waals surface area contributed by atoms with Crippen molar-refractivity contribution in [1.82, 2.24) is 34.9 Å². The number of hydrogen-bond donors (Lipinski definition) is 2. The zero-order valence-corrected chi connectivity index (χ0v) is 46.4. The van der Waals surface area contributed by atoms with Crippen LogP contribution in [0.4, 0.5) is 17.1 Å². The quantitative estimate of drug-likeness (QED) is 0.149. The molecule has 83 heavy (non-hydrogen) atoms. The highest BCUT2D eigenvalue weighted by Crippen LogP contribution is 2.34. The van der Waals surface area contributed by atoms with Gasteiger partial charge in [0, 0.05) is 140 Å². The molecule has 0 aliphatic carbocycles. The number of pyridine rings is 1. The van der Waals surface area contributed by atoms with Gasteiger partial charge in [0.1, 0.15) is 44.6 Å². The van der Waals surface area contributed by atoms with E-state index in [1.54, 1.807) is 12.1 Å². The number of anilines is 3. The first-order valence-corrected chi connectivity index (χ1v) is 28.3. The molecule has 5 aromatic carbocycles. The molecule has 0 spiro atoms. The largest absolute Gasteiger partial charge is 0.436 e. The van der Waals surface area contributed by atoms with Gasteiger partial charge in [-0.15, -0.1) is 0 Å². The van der Waals surface area contributed by atoms with Crippen LogP contribution in [0, 0.1) is 6.92 Å². The molecule has 4 saturated heterocycles. The molecule has 0 saturated carbocycles. The lowest BCUT2D eigenvalue weighted by Gasteiger charge is -2.39. The minimum absolute atomic E-state index is 0.283. The third-order valence-electron chi connectivity index (χ3n) is 16.5. The monoisotopic (exact) mass is 1110 g/mol. The van der Waals surface area contributed by atoms with Gasteiger partial charge in [-0.25, -0.2) is 29.3 Å². The Hall–Kier alpha value is -9.36. The highest BCUT2D eigenvalue weighted by molar-refractivity contribution is 5.87. The van der Waals surface area contributed by atoms with E-state index in [0.29, 0.717) is 85.9 Å². The third-order valence-corrected chi connectivity index (χ3v) is 16.5. The van der Waals surface area contributed by atoms with Crippen LogP contribution in [-0.2, 0) is 0 Å². The standard InChI is InChI=1S/C22H22N4O2.C22H21N3O3.C21H17N3O3/c1-15-4-3-7-26-14-19(23-21(15)26)18-12-16-5-6-17(13-20(16)28-22(18)27)25-10-8-24(2)9-11-25;1-13-12-25(14(2)11-23-13)16-8-7-15-9-17(22(26)28-20(15)10-16)21-24-18-5-3-4-6-19(18)27-21;25-21-16(20-23-17-3-1-2-4-18(17)26-20)7-12-5-6-14(9-19(12)27-21)24-11-13-8-15(24)10-22-13/h3-7,12-14H,8-11H2,1-2H3;3-10,13-14,23H,11-12H2,1-2H3;1-7,9,13,15,22H,8,10-11H2. The number of benzene rings is 5. The summed E-state index contributed by atoms with van der Waals surface area (Å²) in [4.78, 5) is 60.8. The van der Waals surface area contributed by atoms with Gasteiger partial charge < -0.3 is 56.7 Å². The van der Waals surface area contributed by atoms with Crippen LogP contribution in [0.1, 0.15) is 25.8 Å². The summed E-state index contributed by atoms with van der Waals surface area (Å²) in [7, 11) is 2.14. The minimum Gasteiger partial charge on any atom is -0.436 e. The molecule has 0 amide bonds. The Balaban J connectivity index is 0.000000111. The molecule has 0 radical (unpaired) electrons. The zero-order valence-electron chi connectivity index (χ0n) is 46.4. The molecule has 16 rings (SSSR count). The first-order chi connectivity index (χ1) is 40.4. The van der Waals surface area contributed by atoms with Crippen molar-refractivity contribution in [2.45, 2.75) is 51.4 Å². The number of oxazole rings is 2. The minimum atomic E-state index is -0.446. The average molecular weight is 1110 g/mol. The number of fused-ring (bicyclic) bond motifs is 8. The van der Waals surface area contributed by atoms with Crippen molar-refractivity contribution in [3.8, 4) is 34.2 Å². The molecule has 2 N–H and O–H groups in total. The van der Waals surface area contributed by atoms with Gasteiger partial charge >= 0.3 is 16.9 Å². The van der Waals surface area contributed by atoms with Gasteiger partial charge in [-0.2, -0.15) is 0 Å². The van der Waals surface area contributed by atoms with Gasteiger partial charge in [0.2, 0.25) is 11.8 Å². The van der Waals surface area contributed by atoms with Crippen molar-refractivity contribution < 1.29 is 22.1 Å². The van der Waals surface area contributed by atoms with E-state index in [4.69, 9.17) is 22.1 Å². The van der Waals surface area contributed by atoms with Crippen LogP contribution < -0.4 is 42.2 Å². The molecule has 12 aromatic rings. The van der Waals surface area contributed by atoms with Gasteiger partial charge in [-0.3, -0.25) is 0 Å². The second kappa shape index (κ2) is 21.2. The molecule has 7 aromatic heterocycles. The average Bonchev–Trinajstić information content (AvgIpc) is 4.53. The molecule has 418 valence electrons. The predicted molar refractivity (Wildman–Crippen MR) is 324 cm³/mol. The number of nitrogens with one attached hydrogen (secondary N) is 2. The Labute approximate surface area is 475 Å². The Kier molecular flexibility index (Phi) is 13.2. The van der Waals surface area contributed by atoms with Gasteiger partial charge in [0.05, 0.1) is 11.3 Å². The Bertz CT molecular complexity index is 4560. The van der Waals surface area contributed by atoms with Crippen molar-refractivity contribution >= 4 is 77.8 Å². The SMILES string of the molecule is CC1CN(c2ccc3cc(-c4nc5ccccc5o4)c(=O)oc3c2)C(C)CN1.Cc1cccn2cc(-c3cc4ccc(N5CCN(C)CC5)cc4oc3=O)nc12.O=c1oc2cc(N3CC4CC3CN4)ccc2cc1-c1nc2ccccc2o1. The summed E-state index contributed by atoms with van der Waals surface area (Å²) in [5.41, 5.74) is 10.3. The fourth-order valence-electron chi connectivity index (χ4n) is 11.9. The number of likely N-dealkylation sites (N-methyl/N-ethyl adjacent to an activating group) is 1. The summed E-state index contributed by atoms with van der Waals surface area (Å²) in [5, 5.41) is 9.60. The Morgan fingerprint density at radius 3 is 1.65 bits per heavy atom. The molecule has 11 heterocycles. The highest BCUT2D eigenvalue weighted by atomic mass is 16.4. The van der Waals surface area contributed by atoms with Crippen LogP contribution in [0.3, 0.4) is 0 Å². The maximum absolute atomic E-state index is 12.7. The normalized spacial score (nSPS) is 19.1. The van der Waals surface area contributed by atoms with Crippen LogP contribution in [0.15, 0.2) is 182 Å². The second-order valence-corrected chi connectivity index (χ2v) is 22.3. The third kappa shape index (κ3) is 10.1. The second-order valence-electron chi connectivity index (χ2n) is 22.3. The molecule has 4 aliphatic rings. The van der Waals surface area contributed by atoms with Crippen molar-refractivity contribution in [3.63, 3.8) is 0 Å². The Morgan fingerprint density at radius 2 is 1.08 bits per heavy atom. The van der Waals surface area contributed by atoms with Crippen LogP contribution in [0.5, 0.6) is 0 Å². The smallest absolute Gasteiger partial charge is 0.349 e. The summed E-state index contributed by atoms with van der Waals surface area (Å²) in [6.45, 7) is 14.3. The summed E-state index contributed by atoms with van der Waals surface area (Å²) < 4.78 is 30.4. The number of imidazole rings is 1. The number of rotatable bonds is 6. The van der Waals surface area contributed by atoms with Gasteiger partial charge in [-0.1, -0.05) is 30.3 Å². The van der Waals surface area contributed by atoms with Crippen molar-refractivity contribution in [2.24, 2.45) is 0 Å². The fraction of sp³-hybridized carbons (Fsp3) is 0.262. The summed E-state index contributed by atoms with van der Waals surface area (Å²) in [6, 6.07) is 44.4. The maximum atomic E-state index is 12.7. The molecule has 4 aliphatic heterocycles. The van der Waals surface area contributed by atoms with E-state index in [-0.39, 0.29) is 11.5 Å². The van der Waals surface area contributed by atoms with Crippen LogP contribution in [0.2, 0.25) is 0 Å². The number of hydrogen-bond acceptors (Lipinski definition) is 17. The van der Waals surface area contributed by atoms with Crippen molar-refractivity contribution in [2.75, 3.05) is 74.1 Å². The number of aromatic nitrogens is 4. The highest BCUT2D eigenvalue weighted by Gasteiger charge is 2.38. The lowest BCUT2D eigenvalue weighted by molar-refractivity contribution is 0.313. The number of aryl methyl sites for hydroxylation is 1. The van der Waals surface area contributed by atoms with Crippen LogP contribution in [0.25, 0.3) is 94.9 Å². The molecule has 18 nitrogen and oxygen atoms in total. The van der Waals surface area contributed by atoms with E-state index in [1.807, 2.05) is 127 Å². The first kappa shape index (κ1) is 51.8. The topological polar surface area (TPSA) is 197 Å². The van der Waals surface area contributed by atoms with Crippen LogP contribution in [-0.4, -0.2) is 108 Å². The Morgan fingerprint density at radius 1 is 0.530 bits per heavy atom. The van der Waals surface area contributed by atoms with Gasteiger partial charge in [-0.05, 0) is 125 Å². The lowest BCUT2D eigenvalue weighted by atomic mass is 10.1. The van der Waals surface area contributed by atoms with Gasteiger partial charge in [0.15, 0.2) is 11.2 Å². The molecule has 4 unspecified atom stereocenters. The van der Waals surface area contributed by atoms with Crippen molar-refractivity contribution in [3.05, 3.63) is 183 Å². The van der Waals surface area contributed by atoms with E-state index in [0.717, 1.165) is 102 Å². The maximum Gasteiger partial charge on any atom is 0.349 e. The fourth-order valence-corrected chi connectivity index (χ4v) is 11.9. The zero-order chi connectivity index (χ0) is 56.5. The number of piperazine rings is 3. The van der Waals surface area contributed by atoms with Crippen molar-refractivity contribution in [1.29, 1.82) is 0 Å². The molecular formula is C65H60N10O8. The van der Waals surface area contributed by atoms with E-state index in [2.05, 4.69) is 84.3 Å². The van der Waals surface area contributed by atoms with E-state index < -0.39 is 11.3 Å². The van der Waals surface area contributed by atoms with Gasteiger partial charge in [0.25, 0.3) is 0 Å². The van der Waals surface area contributed by atoms with Crippen LogP contribution >= 0.6 is 0 Å². The first-order valence-electron chi connectivity index (χ1n) is 28.3. The van der Waals surface area contributed by atoms with E-state index in [9.17, 15) is 14.4 Å². The van der Waals surface area contributed by atoms with E-state index >= 15 is 0 Å². The lowest BCUT2D eigenvalue weighted by Crippen LogP contribution is -2.54. The molecule has 4 fully saturated rings. The molecule has 4 atom stereocenters. The predicted octanol–water partition coefficient (Wildman–Crippen LogP) is 10.1. The number of para-hydroxylation sites is 4. The van der Waals surface area contributed by atoms with E-state index in [1.165, 1.54) is 6.42 Å². The number of nitrogens with zero attached hydrogens (tertiary/aromatic N) is 8. The molecule has 18 heteroatoms. The summed E-state index contributed by atoms with van der Waals surface area (Å²) >= 11 is 0. The summed E-state index contributed by atoms with van der Waals surface area (Å²) in [6.07, 6.45) is 4.99. The molecule has 2 bridgehead atoms. The molecular weight excluding hydrogens is 1050 g/mol.